The second kappa shape index (κ2) is 12.8. The monoisotopic (exact) mass is 617 g/mol. The molecular weight excluding hydrogens is 581 g/mol. The number of nitrogens with two attached hydrogens (primary N) is 1. The van der Waals surface area contributed by atoms with Crippen LogP contribution in [-0.2, 0) is 11.3 Å². The van der Waals surface area contributed by atoms with Gasteiger partial charge in [-0.2, -0.15) is 0 Å². The van der Waals surface area contributed by atoms with E-state index >= 15 is 0 Å². The molecule has 2 aliphatic rings. The SMILES string of the molecule is CC(C)NC(=O)C1CCN(Cc2ccc(-c3cc4nccc(Oc5ccc(NC(=O)NC6CC6)cc5F)c4s3)nc2)C(N)C1. The molecule has 0 spiro atoms. The number of carbonyl (C=O) groups excluding carboxylic acids is 2. The number of pyridine rings is 2. The average molecular weight is 618 g/mol. The van der Waals surface area contributed by atoms with Crippen molar-refractivity contribution in [3.8, 4) is 22.1 Å². The summed E-state index contributed by atoms with van der Waals surface area (Å²) in [6.45, 7) is 5.33. The number of hydrogen-bond acceptors (Lipinski definition) is 8. The van der Waals surface area contributed by atoms with Crippen molar-refractivity contribution < 1.29 is 18.7 Å². The van der Waals surface area contributed by atoms with Gasteiger partial charge in [-0.3, -0.25) is 19.7 Å². The maximum atomic E-state index is 14.9. The number of amides is 3. The fourth-order valence-electron chi connectivity index (χ4n) is 5.26. The van der Waals surface area contributed by atoms with Gasteiger partial charge in [0.15, 0.2) is 11.6 Å². The van der Waals surface area contributed by atoms with Crippen LogP contribution >= 0.6 is 11.3 Å². The standard InChI is InChI=1S/C32H36FN7O3S/c1-18(2)37-31(41)20-10-12-40(29(34)13-20)17-19-3-7-24(36-16-19)28-15-25-30(44-28)27(9-11-35-25)43-26-8-6-22(14-23(26)33)39-32(42)38-21-4-5-21/h3,6-9,11,14-16,18,20-21,29H,4-5,10,12-13,17,34H2,1-2H3,(H,37,41)(H2,38,39,42). The Morgan fingerprint density at radius 3 is 2.66 bits per heavy atom. The summed E-state index contributed by atoms with van der Waals surface area (Å²) in [6, 6.07) is 12.0. The average Bonchev–Trinajstić information content (AvgIpc) is 3.69. The molecule has 2 fully saturated rings. The van der Waals surface area contributed by atoms with Crippen molar-refractivity contribution in [1.82, 2.24) is 25.5 Å². The van der Waals surface area contributed by atoms with Gasteiger partial charge >= 0.3 is 6.03 Å². The summed E-state index contributed by atoms with van der Waals surface area (Å²) < 4.78 is 21.7. The van der Waals surface area contributed by atoms with E-state index in [1.165, 1.54) is 23.5 Å². The molecule has 6 rings (SSSR count). The van der Waals surface area contributed by atoms with Crippen LogP contribution in [0.3, 0.4) is 0 Å². The Morgan fingerprint density at radius 1 is 1.11 bits per heavy atom. The summed E-state index contributed by atoms with van der Waals surface area (Å²) >= 11 is 1.47. The molecule has 3 aromatic heterocycles. The first-order chi connectivity index (χ1) is 21.2. The Balaban J connectivity index is 1.10. The lowest BCUT2D eigenvalue weighted by atomic mass is 9.93. The van der Waals surface area contributed by atoms with Gasteiger partial charge in [0.1, 0.15) is 5.75 Å². The van der Waals surface area contributed by atoms with Crippen molar-refractivity contribution in [2.75, 3.05) is 11.9 Å². The molecule has 1 aromatic carbocycles. The van der Waals surface area contributed by atoms with Crippen molar-refractivity contribution in [3.05, 3.63) is 66.2 Å². The predicted octanol–water partition coefficient (Wildman–Crippen LogP) is 5.60. The predicted molar refractivity (Wildman–Crippen MR) is 169 cm³/mol. The minimum atomic E-state index is -0.587. The maximum Gasteiger partial charge on any atom is 0.319 e. The molecule has 4 aromatic rings. The summed E-state index contributed by atoms with van der Waals surface area (Å²) in [5.74, 6) is -0.0368. The van der Waals surface area contributed by atoms with Gasteiger partial charge in [0.2, 0.25) is 5.91 Å². The zero-order chi connectivity index (χ0) is 30.8. The van der Waals surface area contributed by atoms with E-state index in [1.54, 1.807) is 18.3 Å². The van der Waals surface area contributed by atoms with Gasteiger partial charge in [0.25, 0.3) is 0 Å². The molecule has 5 N–H and O–H groups in total. The van der Waals surface area contributed by atoms with Crippen LogP contribution in [-0.4, -0.2) is 51.6 Å². The highest BCUT2D eigenvalue weighted by Gasteiger charge is 2.30. The summed E-state index contributed by atoms with van der Waals surface area (Å²) in [6.07, 6.45) is 6.63. The number of ether oxygens (including phenoxy) is 1. The summed E-state index contributed by atoms with van der Waals surface area (Å²) in [5.41, 5.74) is 9.34. The number of nitrogens with one attached hydrogen (secondary N) is 3. The van der Waals surface area contributed by atoms with Crippen LogP contribution in [0, 0.1) is 11.7 Å². The molecule has 230 valence electrons. The molecule has 1 aliphatic heterocycles. The molecule has 2 unspecified atom stereocenters. The quantitative estimate of drug-likeness (QED) is 0.192. The van der Waals surface area contributed by atoms with Crippen molar-refractivity contribution >= 4 is 39.2 Å². The third kappa shape index (κ3) is 7.15. The molecule has 1 saturated heterocycles. The number of fused-ring (bicyclic) bond motifs is 1. The number of thiophene rings is 1. The van der Waals surface area contributed by atoms with Crippen LogP contribution in [0.25, 0.3) is 20.8 Å². The number of rotatable bonds is 9. The van der Waals surface area contributed by atoms with Crippen LogP contribution in [0.1, 0.15) is 45.1 Å². The number of anilines is 1. The fraction of sp³-hybridized carbons (Fsp3) is 0.375. The molecular formula is C32H36FN7O3S. The zero-order valence-corrected chi connectivity index (χ0v) is 25.5. The van der Waals surface area contributed by atoms with Crippen LogP contribution in [0.5, 0.6) is 11.5 Å². The smallest absolute Gasteiger partial charge is 0.319 e. The number of benzene rings is 1. The lowest BCUT2D eigenvalue weighted by molar-refractivity contribution is -0.127. The van der Waals surface area contributed by atoms with Crippen LogP contribution in [0.4, 0.5) is 14.9 Å². The van der Waals surface area contributed by atoms with Gasteiger partial charge in [-0.15, -0.1) is 11.3 Å². The Morgan fingerprint density at radius 2 is 1.95 bits per heavy atom. The fourth-order valence-corrected chi connectivity index (χ4v) is 6.30. The van der Waals surface area contributed by atoms with Crippen LogP contribution in [0.2, 0.25) is 0 Å². The largest absolute Gasteiger partial charge is 0.453 e. The number of urea groups is 1. The number of piperidine rings is 1. The molecule has 44 heavy (non-hydrogen) atoms. The van der Waals surface area contributed by atoms with Gasteiger partial charge in [-0.25, -0.2) is 9.18 Å². The molecule has 0 radical (unpaired) electrons. The first-order valence-corrected chi connectivity index (χ1v) is 15.7. The number of nitrogens with zero attached hydrogens (tertiary/aromatic N) is 3. The minimum absolute atomic E-state index is 0.0471. The van der Waals surface area contributed by atoms with Gasteiger partial charge < -0.3 is 26.4 Å². The maximum absolute atomic E-state index is 14.9. The molecule has 1 aliphatic carbocycles. The second-order valence-electron chi connectivity index (χ2n) is 11.7. The Kier molecular flexibility index (Phi) is 8.74. The van der Waals surface area contributed by atoms with E-state index < -0.39 is 5.82 Å². The highest BCUT2D eigenvalue weighted by atomic mass is 32.1. The first-order valence-electron chi connectivity index (χ1n) is 14.9. The Labute approximate surface area is 259 Å². The third-order valence-corrected chi connectivity index (χ3v) is 8.88. The van der Waals surface area contributed by atoms with Crippen molar-refractivity contribution in [2.24, 2.45) is 11.7 Å². The van der Waals surface area contributed by atoms with E-state index in [1.807, 2.05) is 38.2 Å². The lowest BCUT2D eigenvalue weighted by Gasteiger charge is -2.37. The van der Waals surface area contributed by atoms with Gasteiger partial charge in [-0.1, -0.05) is 6.07 Å². The summed E-state index contributed by atoms with van der Waals surface area (Å²) in [4.78, 5) is 36.7. The molecule has 4 heterocycles. The van der Waals surface area contributed by atoms with E-state index in [9.17, 15) is 14.0 Å². The van der Waals surface area contributed by atoms with Gasteiger partial charge in [-0.05, 0) is 69.4 Å². The van der Waals surface area contributed by atoms with E-state index in [-0.39, 0.29) is 41.9 Å². The molecule has 0 bridgehead atoms. The summed E-state index contributed by atoms with van der Waals surface area (Å²) in [5, 5.41) is 8.46. The number of likely N-dealkylation sites (tertiary alicyclic amines) is 1. The second-order valence-corrected chi connectivity index (χ2v) is 12.8. The normalized spacial score (nSPS) is 18.8. The number of hydrogen-bond donors (Lipinski definition) is 4. The zero-order valence-electron chi connectivity index (χ0n) is 24.7. The third-order valence-electron chi connectivity index (χ3n) is 7.72. The Bertz CT molecular complexity index is 1660. The highest BCUT2D eigenvalue weighted by molar-refractivity contribution is 7.22. The van der Waals surface area contributed by atoms with Gasteiger partial charge in [0.05, 0.1) is 27.0 Å². The van der Waals surface area contributed by atoms with Gasteiger partial charge in [0, 0.05) is 61.3 Å². The van der Waals surface area contributed by atoms with E-state index in [0.29, 0.717) is 24.4 Å². The minimum Gasteiger partial charge on any atom is -0.453 e. The number of halogens is 1. The van der Waals surface area contributed by atoms with Crippen LogP contribution < -0.4 is 26.4 Å². The van der Waals surface area contributed by atoms with E-state index in [2.05, 4.69) is 25.8 Å². The number of carbonyl (C=O) groups is 2. The molecule has 2 atom stereocenters. The molecule has 3 amide bonds. The molecule has 12 heteroatoms. The first kappa shape index (κ1) is 29.9. The van der Waals surface area contributed by atoms with E-state index in [4.69, 9.17) is 15.5 Å². The van der Waals surface area contributed by atoms with Crippen molar-refractivity contribution in [1.29, 1.82) is 0 Å². The number of aromatic nitrogens is 2. The summed E-state index contributed by atoms with van der Waals surface area (Å²) in [7, 11) is 0. The van der Waals surface area contributed by atoms with Crippen molar-refractivity contribution in [3.63, 3.8) is 0 Å². The topological polar surface area (TPSA) is 134 Å². The molecule has 1 saturated carbocycles. The Hall–Kier alpha value is -4.13. The highest BCUT2D eigenvalue weighted by Crippen LogP contribution is 2.39. The van der Waals surface area contributed by atoms with Crippen LogP contribution in [0.15, 0.2) is 54.9 Å². The molecule has 10 nitrogen and oxygen atoms in total. The van der Waals surface area contributed by atoms with Crippen molar-refractivity contribution in [2.45, 2.75) is 64.3 Å². The lowest BCUT2D eigenvalue weighted by Crippen LogP contribution is -2.50. The van der Waals surface area contributed by atoms with E-state index in [0.717, 1.165) is 52.2 Å².